The normalized spacial score (nSPS) is 12.7. The van der Waals surface area contributed by atoms with Crippen LogP contribution in [0.25, 0.3) is 22.1 Å². The molecule has 0 radical (unpaired) electrons. The molecular weight excluding hydrogens is 362 g/mol. The van der Waals surface area contributed by atoms with Crippen LogP contribution >= 0.6 is 0 Å². The molecule has 9 heteroatoms. The van der Waals surface area contributed by atoms with Gasteiger partial charge in [-0.05, 0) is 25.1 Å². The highest BCUT2D eigenvalue weighted by Gasteiger charge is 2.17. The summed E-state index contributed by atoms with van der Waals surface area (Å²) in [6.45, 7) is 2.14. The van der Waals surface area contributed by atoms with Crippen LogP contribution in [0.4, 0.5) is 0 Å². The first-order valence-electron chi connectivity index (χ1n) is 8.87. The fraction of sp³-hybridized carbons (Fsp3) is 0.316. The molecule has 0 aliphatic rings. The Balaban J connectivity index is 1.57. The first-order chi connectivity index (χ1) is 13.4. The van der Waals surface area contributed by atoms with Crippen LogP contribution in [0.15, 0.2) is 40.2 Å². The number of nitrogens with zero attached hydrogens (tertiary/aromatic N) is 4. The summed E-state index contributed by atoms with van der Waals surface area (Å²) in [5.41, 5.74) is 1.66. The van der Waals surface area contributed by atoms with Gasteiger partial charge in [0.1, 0.15) is 18.5 Å². The number of aromatic amines is 1. The van der Waals surface area contributed by atoms with Crippen LogP contribution in [-0.4, -0.2) is 41.5 Å². The molecule has 1 aromatic carbocycles. The predicted molar refractivity (Wildman–Crippen MR) is 105 cm³/mol. The number of H-pyrrole nitrogens is 1. The van der Waals surface area contributed by atoms with E-state index in [1.807, 2.05) is 31.2 Å². The third-order valence-electron chi connectivity index (χ3n) is 4.81. The summed E-state index contributed by atoms with van der Waals surface area (Å²) in [6, 6.07) is 7.68. The zero-order chi connectivity index (χ0) is 20.0. The van der Waals surface area contributed by atoms with E-state index in [0.717, 1.165) is 21.2 Å². The quantitative estimate of drug-likeness (QED) is 0.527. The largest absolute Gasteiger partial charge is 0.490 e. The third-order valence-corrected chi connectivity index (χ3v) is 4.81. The van der Waals surface area contributed by atoms with Gasteiger partial charge in [0.05, 0.1) is 12.9 Å². The van der Waals surface area contributed by atoms with Gasteiger partial charge in [-0.2, -0.15) is 0 Å². The van der Waals surface area contributed by atoms with Crippen molar-refractivity contribution in [2.24, 2.45) is 14.1 Å². The molecule has 2 N–H and O–H groups in total. The maximum Gasteiger partial charge on any atom is 0.332 e. The molecule has 4 rings (SSSR count). The molecule has 0 saturated heterocycles. The molecule has 0 amide bonds. The molecule has 0 bridgehead atoms. The van der Waals surface area contributed by atoms with Crippen LogP contribution in [0.5, 0.6) is 5.75 Å². The van der Waals surface area contributed by atoms with E-state index in [4.69, 9.17) is 4.74 Å². The number of fused-ring (bicyclic) bond motifs is 2. The number of rotatable bonds is 5. The summed E-state index contributed by atoms with van der Waals surface area (Å²) < 4.78 is 9.69. The van der Waals surface area contributed by atoms with E-state index in [0.29, 0.717) is 5.75 Å². The van der Waals surface area contributed by atoms with Gasteiger partial charge in [0, 0.05) is 30.7 Å². The fourth-order valence-corrected chi connectivity index (χ4v) is 3.39. The number of benzene rings is 1. The smallest absolute Gasteiger partial charge is 0.332 e. The maximum atomic E-state index is 12.5. The van der Waals surface area contributed by atoms with Crippen molar-refractivity contribution in [1.29, 1.82) is 0 Å². The highest BCUT2D eigenvalue weighted by molar-refractivity contribution is 5.86. The number of aryl methyl sites for hydroxylation is 2. The molecule has 0 saturated carbocycles. The van der Waals surface area contributed by atoms with Crippen molar-refractivity contribution < 1.29 is 9.84 Å². The molecule has 0 aliphatic heterocycles. The van der Waals surface area contributed by atoms with Crippen LogP contribution in [-0.2, 0) is 20.6 Å². The molecule has 9 nitrogen and oxygen atoms in total. The summed E-state index contributed by atoms with van der Waals surface area (Å²) >= 11 is 0. The van der Waals surface area contributed by atoms with Crippen molar-refractivity contribution in [2.45, 2.75) is 19.6 Å². The third kappa shape index (κ3) is 2.89. The standard InChI is InChI=1S/C19H21N5O4/c1-11-7-13-14(21-11)5-4-6-15(13)28-9-12(25)8-24-10-20-17-16(24)18(26)23(3)19(27)22(17)2/h4-7,10,12,21,25H,8-9H2,1-3H3. The number of hydrogen-bond donors (Lipinski definition) is 2. The lowest BCUT2D eigenvalue weighted by Gasteiger charge is -2.14. The van der Waals surface area contributed by atoms with Gasteiger partial charge < -0.3 is 19.4 Å². The molecule has 1 atom stereocenters. The topological polar surface area (TPSA) is 107 Å². The van der Waals surface area contributed by atoms with Crippen LogP contribution in [0.2, 0.25) is 0 Å². The molecular formula is C19H21N5O4. The van der Waals surface area contributed by atoms with Crippen molar-refractivity contribution in [2.75, 3.05) is 6.61 Å². The lowest BCUT2D eigenvalue weighted by molar-refractivity contribution is 0.0941. The van der Waals surface area contributed by atoms with E-state index in [-0.39, 0.29) is 24.3 Å². The van der Waals surface area contributed by atoms with Crippen molar-refractivity contribution in [3.63, 3.8) is 0 Å². The van der Waals surface area contributed by atoms with E-state index >= 15 is 0 Å². The molecule has 1 unspecified atom stereocenters. The van der Waals surface area contributed by atoms with Crippen molar-refractivity contribution in [3.05, 3.63) is 57.1 Å². The number of aromatic nitrogens is 5. The summed E-state index contributed by atoms with van der Waals surface area (Å²) in [4.78, 5) is 31.9. The van der Waals surface area contributed by atoms with Gasteiger partial charge in [-0.25, -0.2) is 9.78 Å². The molecule has 0 fully saturated rings. The van der Waals surface area contributed by atoms with Gasteiger partial charge in [0.2, 0.25) is 0 Å². The molecule has 3 heterocycles. The summed E-state index contributed by atoms with van der Waals surface area (Å²) in [6.07, 6.45) is 0.583. The van der Waals surface area contributed by atoms with Crippen LogP contribution < -0.4 is 16.0 Å². The first-order valence-corrected chi connectivity index (χ1v) is 8.87. The maximum absolute atomic E-state index is 12.5. The van der Waals surface area contributed by atoms with Crippen LogP contribution in [0.3, 0.4) is 0 Å². The average molecular weight is 383 g/mol. The van der Waals surface area contributed by atoms with Crippen molar-refractivity contribution in [3.8, 4) is 5.75 Å². The minimum atomic E-state index is -0.866. The number of hydrogen-bond acceptors (Lipinski definition) is 5. The van der Waals surface area contributed by atoms with Crippen molar-refractivity contribution >= 4 is 22.1 Å². The number of aliphatic hydroxyl groups is 1. The second-order valence-electron chi connectivity index (χ2n) is 6.91. The van der Waals surface area contributed by atoms with E-state index in [1.54, 1.807) is 11.6 Å². The summed E-state index contributed by atoms with van der Waals surface area (Å²) in [5, 5.41) is 11.4. The van der Waals surface area contributed by atoms with E-state index < -0.39 is 17.4 Å². The van der Waals surface area contributed by atoms with Gasteiger partial charge >= 0.3 is 5.69 Å². The Hall–Kier alpha value is -3.33. The SMILES string of the molecule is Cc1cc2c(OCC(O)Cn3cnc4c3c(=O)n(C)c(=O)n4C)cccc2[nH]1. The van der Waals surface area contributed by atoms with E-state index in [2.05, 4.69) is 9.97 Å². The average Bonchev–Trinajstić information content (AvgIpc) is 3.26. The summed E-state index contributed by atoms with van der Waals surface area (Å²) in [7, 11) is 2.97. The van der Waals surface area contributed by atoms with E-state index in [1.165, 1.54) is 17.9 Å². The van der Waals surface area contributed by atoms with Gasteiger partial charge in [0.25, 0.3) is 5.56 Å². The second-order valence-corrected chi connectivity index (χ2v) is 6.91. The Kier molecular flexibility index (Phi) is 4.31. The zero-order valence-corrected chi connectivity index (χ0v) is 15.8. The first kappa shape index (κ1) is 18.1. The van der Waals surface area contributed by atoms with Crippen molar-refractivity contribution in [1.82, 2.24) is 23.7 Å². The van der Waals surface area contributed by atoms with Gasteiger partial charge in [0.15, 0.2) is 11.2 Å². The summed E-state index contributed by atoms with van der Waals surface area (Å²) in [5.74, 6) is 0.676. The fourth-order valence-electron chi connectivity index (χ4n) is 3.39. The Morgan fingerprint density at radius 2 is 2.04 bits per heavy atom. The molecule has 0 aliphatic carbocycles. The highest BCUT2D eigenvalue weighted by Crippen LogP contribution is 2.26. The van der Waals surface area contributed by atoms with Crippen LogP contribution in [0, 0.1) is 6.92 Å². The van der Waals surface area contributed by atoms with Gasteiger partial charge in [-0.3, -0.25) is 13.9 Å². The molecule has 146 valence electrons. The Bertz CT molecular complexity index is 1290. The van der Waals surface area contributed by atoms with Gasteiger partial charge in [-0.1, -0.05) is 6.07 Å². The number of nitrogens with one attached hydrogen (secondary N) is 1. The molecule has 4 aromatic rings. The number of ether oxygens (including phenoxy) is 1. The minimum absolute atomic E-state index is 0.0507. The molecule has 3 aromatic heterocycles. The van der Waals surface area contributed by atoms with Gasteiger partial charge in [-0.15, -0.1) is 0 Å². The molecule has 28 heavy (non-hydrogen) atoms. The Morgan fingerprint density at radius 3 is 2.82 bits per heavy atom. The van der Waals surface area contributed by atoms with E-state index in [9.17, 15) is 14.7 Å². The second kappa shape index (κ2) is 6.68. The monoisotopic (exact) mass is 383 g/mol. The lowest BCUT2D eigenvalue weighted by atomic mass is 10.2. The Labute approximate surface area is 159 Å². The Morgan fingerprint density at radius 1 is 1.25 bits per heavy atom. The van der Waals surface area contributed by atoms with Crippen LogP contribution in [0.1, 0.15) is 5.69 Å². The number of aliphatic hydroxyl groups excluding tert-OH is 1. The predicted octanol–water partition coefficient (Wildman–Crippen LogP) is 0.663. The zero-order valence-electron chi connectivity index (χ0n) is 15.8. The minimum Gasteiger partial charge on any atom is -0.490 e. The number of imidazole rings is 1. The lowest BCUT2D eigenvalue weighted by Crippen LogP contribution is -2.38. The highest BCUT2D eigenvalue weighted by atomic mass is 16.5. The molecule has 0 spiro atoms.